The number of esters is 1. The van der Waals surface area contributed by atoms with Crippen LogP contribution in [0, 0.1) is 6.92 Å². The molecule has 26 heavy (non-hydrogen) atoms. The normalized spacial score (nSPS) is 10.7. The molecule has 1 heterocycles. The second kappa shape index (κ2) is 6.76. The molecule has 0 radical (unpaired) electrons. The van der Waals surface area contributed by atoms with Crippen molar-refractivity contribution in [2.24, 2.45) is 0 Å². The molecule has 0 bridgehead atoms. The van der Waals surface area contributed by atoms with E-state index in [-0.39, 0.29) is 5.76 Å². The number of hydrogen-bond donors (Lipinski definition) is 0. The third-order valence-corrected chi connectivity index (χ3v) is 4.04. The summed E-state index contributed by atoms with van der Waals surface area (Å²) in [4.78, 5) is 12.4. The number of para-hydroxylation sites is 2. The van der Waals surface area contributed by atoms with Crippen LogP contribution in [0.2, 0.25) is 0 Å². The summed E-state index contributed by atoms with van der Waals surface area (Å²) in [5.74, 6) is 1.53. The van der Waals surface area contributed by atoms with Crippen LogP contribution in [0.25, 0.3) is 11.0 Å². The molecule has 128 valence electrons. The molecule has 0 fully saturated rings. The van der Waals surface area contributed by atoms with E-state index in [2.05, 4.69) is 0 Å². The standard InChI is InChI=1S/C22H16O4/c1-15-19-9-5-6-10-20(19)26-21(15)22(23)25-18-13-11-17(12-14-18)24-16-7-3-2-4-8-16/h2-14H,1H3. The van der Waals surface area contributed by atoms with Gasteiger partial charge in [0.1, 0.15) is 22.8 Å². The van der Waals surface area contributed by atoms with Crippen molar-refractivity contribution in [2.45, 2.75) is 6.92 Å². The van der Waals surface area contributed by atoms with Gasteiger partial charge in [-0.3, -0.25) is 0 Å². The zero-order chi connectivity index (χ0) is 17.9. The summed E-state index contributed by atoms with van der Waals surface area (Å²) in [6, 6.07) is 23.9. The second-order valence-corrected chi connectivity index (χ2v) is 5.83. The number of benzene rings is 3. The van der Waals surface area contributed by atoms with Crippen LogP contribution in [0.3, 0.4) is 0 Å². The van der Waals surface area contributed by atoms with Gasteiger partial charge in [-0.2, -0.15) is 0 Å². The monoisotopic (exact) mass is 344 g/mol. The number of rotatable bonds is 4. The summed E-state index contributed by atoms with van der Waals surface area (Å²) in [5, 5.41) is 0.908. The van der Waals surface area contributed by atoms with Crippen LogP contribution in [0.15, 0.2) is 83.3 Å². The van der Waals surface area contributed by atoms with E-state index >= 15 is 0 Å². The van der Waals surface area contributed by atoms with E-state index in [1.807, 2.05) is 61.5 Å². The molecule has 0 saturated heterocycles. The highest BCUT2D eigenvalue weighted by atomic mass is 16.5. The Kier molecular flexibility index (Phi) is 4.15. The van der Waals surface area contributed by atoms with Gasteiger partial charge in [0.2, 0.25) is 5.76 Å². The maximum atomic E-state index is 12.4. The fraction of sp³-hybridized carbons (Fsp3) is 0.0455. The summed E-state index contributed by atoms with van der Waals surface area (Å²) in [6.45, 7) is 1.85. The highest BCUT2D eigenvalue weighted by molar-refractivity contribution is 5.96. The summed E-state index contributed by atoms with van der Waals surface area (Å²) < 4.78 is 16.8. The average Bonchev–Trinajstić information content (AvgIpc) is 3.01. The van der Waals surface area contributed by atoms with E-state index in [1.54, 1.807) is 24.3 Å². The van der Waals surface area contributed by atoms with Crippen LogP contribution in [0.5, 0.6) is 17.2 Å². The largest absolute Gasteiger partial charge is 0.457 e. The predicted octanol–water partition coefficient (Wildman–Crippen LogP) is 5.75. The molecule has 1 aromatic heterocycles. The highest BCUT2D eigenvalue weighted by Crippen LogP contribution is 2.27. The topological polar surface area (TPSA) is 48.7 Å². The minimum atomic E-state index is -0.518. The third kappa shape index (κ3) is 3.17. The molecule has 0 amide bonds. The summed E-state index contributed by atoms with van der Waals surface area (Å²) in [5.41, 5.74) is 1.44. The smallest absolute Gasteiger partial charge is 0.379 e. The lowest BCUT2D eigenvalue weighted by Crippen LogP contribution is -2.08. The fourth-order valence-corrected chi connectivity index (χ4v) is 2.72. The van der Waals surface area contributed by atoms with Gasteiger partial charge in [-0.1, -0.05) is 36.4 Å². The number of furan rings is 1. The number of ether oxygens (including phenoxy) is 2. The van der Waals surface area contributed by atoms with E-state index in [0.29, 0.717) is 17.1 Å². The highest BCUT2D eigenvalue weighted by Gasteiger charge is 2.19. The van der Waals surface area contributed by atoms with Gasteiger partial charge in [-0.05, 0) is 49.4 Å². The van der Waals surface area contributed by atoms with Crippen LogP contribution in [-0.2, 0) is 0 Å². The summed E-state index contributed by atoms with van der Waals surface area (Å²) in [7, 11) is 0. The van der Waals surface area contributed by atoms with Crippen molar-refractivity contribution in [3.8, 4) is 17.2 Å². The Morgan fingerprint density at radius 2 is 1.38 bits per heavy atom. The van der Waals surface area contributed by atoms with Crippen molar-refractivity contribution >= 4 is 16.9 Å². The van der Waals surface area contributed by atoms with Gasteiger partial charge in [0.15, 0.2) is 0 Å². The lowest BCUT2D eigenvalue weighted by molar-refractivity contribution is 0.0702. The molecule has 0 unspecified atom stereocenters. The predicted molar refractivity (Wildman–Crippen MR) is 98.9 cm³/mol. The third-order valence-electron chi connectivity index (χ3n) is 4.04. The van der Waals surface area contributed by atoms with E-state index in [9.17, 15) is 4.79 Å². The van der Waals surface area contributed by atoms with Crippen molar-refractivity contribution in [3.63, 3.8) is 0 Å². The van der Waals surface area contributed by atoms with Gasteiger partial charge in [0.25, 0.3) is 0 Å². The summed E-state index contributed by atoms with van der Waals surface area (Å²) in [6.07, 6.45) is 0. The molecule has 4 rings (SSSR count). The molecule has 0 spiro atoms. The first-order chi connectivity index (χ1) is 12.7. The van der Waals surface area contributed by atoms with E-state index in [0.717, 1.165) is 16.7 Å². The molecule has 0 aliphatic heterocycles. The Morgan fingerprint density at radius 1 is 0.769 bits per heavy atom. The van der Waals surface area contributed by atoms with Crippen molar-refractivity contribution in [1.29, 1.82) is 0 Å². The van der Waals surface area contributed by atoms with Gasteiger partial charge in [0, 0.05) is 10.9 Å². The molecular weight excluding hydrogens is 328 g/mol. The molecule has 0 N–H and O–H groups in total. The van der Waals surface area contributed by atoms with Gasteiger partial charge in [-0.15, -0.1) is 0 Å². The van der Waals surface area contributed by atoms with Crippen LogP contribution < -0.4 is 9.47 Å². The number of carbonyl (C=O) groups is 1. The first-order valence-corrected chi connectivity index (χ1v) is 8.24. The van der Waals surface area contributed by atoms with Crippen molar-refractivity contribution in [2.75, 3.05) is 0 Å². The van der Waals surface area contributed by atoms with Gasteiger partial charge >= 0.3 is 5.97 Å². The molecule has 0 atom stereocenters. The number of carbonyl (C=O) groups excluding carboxylic acids is 1. The first-order valence-electron chi connectivity index (χ1n) is 8.24. The molecule has 4 heteroatoms. The molecule has 3 aromatic carbocycles. The summed E-state index contributed by atoms with van der Waals surface area (Å²) >= 11 is 0. The quantitative estimate of drug-likeness (QED) is 0.349. The van der Waals surface area contributed by atoms with E-state index in [1.165, 1.54) is 0 Å². The maximum Gasteiger partial charge on any atom is 0.379 e. The van der Waals surface area contributed by atoms with Crippen LogP contribution >= 0.6 is 0 Å². The van der Waals surface area contributed by atoms with Crippen molar-refractivity contribution in [3.05, 3.63) is 90.2 Å². The van der Waals surface area contributed by atoms with Gasteiger partial charge < -0.3 is 13.9 Å². The lowest BCUT2D eigenvalue weighted by atomic mass is 10.1. The van der Waals surface area contributed by atoms with Crippen molar-refractivity contribution in [1.82, 2.24) is 0 Å². The van der Waals surface area contributed by atoms with Crippen molar-refractivity contribution < 1.29 is 18.7 Å². The zero-order valence-corrected chi connectivity index (χ0v) is 14.1. The number of fused-ring (bicyclic) bond motifs is 1. The Hall–Kier alpha value is -3.53. The van der Waals surface area contributed by atoms with Gasteiger partial charge in [-0.25, -0.2) is 4.79 Å². The second-order valence-electron chi connectivity index (χ2n) is 5.83. The Morgan fingerprint density at radius 3 is 2.12 bits per heavy atom. The Balaban J connectivity index is 1.49. The lowest BCUT2D eigenvalue weighted by Gasteiger charge is -2.07. The molecule has 4 aromatic rings. The van der Waals surface area contributed by atoms with Crippen LogP contribution in [0.1, 0.15) is 16.1 Å². The molecule has 4 nitrogen and oxygen atoms in total. The average molecular weight is 344 g/mol. The Labute approximate surface area is 150 Å². The fourth-order valence-electron chi connectivity index (χ4n) is 2.72. The van der Waals surface area contributed by atoms with Gasteiger partial charge in [0.05, 0.1) is 0 Å². The number of hydrogen-bond acceptors (Lipinski definition) is 4. The first kappa shape index (κ1) is 16.0. The van der Waals surface area contributed by atoms with E-state index in [4.69, 9.17) is 13.9 Å². The SMILES string of the molecule is Cc1c(C(=O)Oc2ccc(Oc3ccccc3)cc2)oc2ccccc12. The minimum Gasteiger partial charge on any atom is -0.457 e. The van der Waals surface area contributed by atoms with Crippen LogP contribution in [0.4, 0.5) is 0 Å². The van der Waals surface area contributed by atoms with E-state index < -0.39 is 5.97 Å². The maximum absolute atomic E-state index is 12.4. The minimum absolute atomic E-state index is 0.218. The number of aryl methyl sites for hydroxylation is 1. The molecular formula is C22H16O4. The Bertz CT molecular complexity index is 1050. The zero-order valence-electron chi connectivity index (χ0n) is 14.1. The molecule has 0 aliphatic carbocycles. The van der Waals surface area contributed by atoms with Crippen LogP contribution in [-0.4, -0.2) is 5.97 Å². The molecule has 0 saturated carbocycles. The molecule has 0 aliphatic rings.